The fraction of sp³-hybridized carbons (Fsp3) is 0.409. The lowest BCUT2D eigenvalue weighted by Crippen LogP contribution is -2.45. The topological polar surface area (TPSA) is 47.6 Å². The summed E-state index contributed by atoms with van der Waals surface area (Å²) in [7, 11) is 0. The number of carbonyl (C=O) groups is 1. The number of hydrogen-bond donors (Lipinski definition) is 1. The molecule has 0 saturated carbocycles. The second kappa shape index (κ2) is 7.81. The second-order valence-corrected chi connectivity index (χ2v) is 8.02. The molecule has 1 amide bonds. The van der Waals surface area contributed by atoms with Crippen molar-refractivity contribution >= 4 is 17.5 Å². The zero-order valence-electron chi connectivity index (χ0n) is 16.2. The number of aryl methyl sites for hydroxylation is 1. The van der Waals surface area contributed by atoms with Crippen molar-refractivity contribution in [2.75, 3.05) is 0 Å². The number of rotatable bonds is 5. The van der Waals surface area contributed by atoms with E-state index in [-0.39, 0.29) is 17.6 Å². The minimum atomic E-state index is -0.607. The average molecular weight is 388 g/mol. The van der Waals surface area contributed by atoms with E-state index < -0.39 is 6.10 Å². The summed E-state index contributed by atoms with van der Waals surface area (Å²) in [4.78, 5) is 12.9. The van der Waals surface area contributed by atoms with Gasteiger partial charge in [0.1, 0.15) is 17.1 Å². The molecule has 0 aliphatic carbocycles. The maximum Gasteiger partial charge on any atom is 0.261 e. The van der Waals surface area contributed by atoms with Crippen LogP contribution in [0, 0.1) is 6.92 Å². The molecule has 2 atom stereocenters. The van der Waals surface area contributed by atoms with Gasteiger partial charge in [0.15, 0.2) is 6.10 Å². The molecule has 2 aromatic rings. The predicted octanol–water partition coefficient (Wildman–Crippen LogP) is 5.22. The summed E-state index contributed by atoms with van der Waals surface area (Å²) in [6.07, 6.45) is 0.631. The van der Waals surface area contributed by atoms with Crippen molar-refractivity contribution in [3.63, 3.8) is 0 Å². The number of para-hydroxylation sites is 1. The van der Waals surface area contributed by atoms with Gasteiger partial charge >= 0.3 is 0 Å². The number of nitrogens with one attached hydrogen (secondary N) is 1. The fourth-order valence-corrected chi connectivity index (χ4v) is 3.55. The number of amides is 1. The number of carbonyl (C=O) groups excluding carboxylic acids is 1. The van der Waals surface area contributed by atoms with Crippen molar-refractivity contribution in [1.82, 2.24) is 5.32 Å². The Morgan fingerprint density at radius 2 is 2.07 bits per heavy atom. The molecule has 27 heavy (non-hydrogen) atoms. The van der Waals surface area contributed by atoms with Crippen LogP contribution in [0.15, 0.2) is 42.5 Å². The van der Waals surface area contributed by atoms with Gasteiger partial charge in [0.05, 0.1) is 11.1 Å². The van der Waals surface area contributed by atoms with Gasteiger partial charge in [-0.2, -0.15) is 0 Å². The van der Waals surface area contributed by atoms with Gasteiger partial charge in [-0.15, -0.1) is 0 Å². The van der Waals surface area contributed by atoms with Crippen LogP contribution in [0.4, 0.5) is 0 Å². The van der Waals surface area contributed by atoms with E-state index in [1.165, 1.54) is 0 Å². The van der Waals surface area contributed by atoms with E-state index in [2.05, 4.69) is 5.32 Å². The van der Waals surface area contributed by atoms with Gasteiger partial charge in [0, 0.05) is 12.0 Å². The third-order valence-electron chi connectivity index (χ3n) is 4.71. The van der Waals surface area contributed by atoms with E-state index in [0.717, 1.165) is 16.9 Å². The van der Waals surface area contributed by atoms with Crippen LogP contribution >= 0.6 is 11.6 Å². The van der Waals surface area contributed by atoms with Crippen LogP contribution in [0.1, 0.15) is 50.8 Å². The van der Waals surface area contributed by atoms with Gasteiger partial charge < -0.3 is 14.8 Å². The Hall–Kier alpha value is -2.20. The van der Waals surface area contributed by atoms with Gasteiger partial charge in [-0.3, -0.25) is 4.79 Å². The highest BCUT2D eigenvalue weighted by atomic mass is 35.5. The minimum absolute atomic E-state index is 0.124. The Bertz CT molecular complexity index is 834. The van der Waals surface area contributed by atoms with Crippen LogP contribution in [0.25, 0.3) is 0 Å². The Kier molecular flexibility index (Phi) is 5.66. The number of hydrogen-bond acceptors (Lipinski definition) is 3. The molecule has 1 aliphatic heterocycles. The van der Waals surface area contributed by atoms with E-state index in [0.29, 0.717) is 23.6 Å². The summed E-state index contributed by atoms with van der Waals surface area (Å²) in [5.41, 5.74) is 1.77. The monoisotopic (exact) mass is 387 g/mol. The lowest BCUT2D eigenvalue weighted by molar-refractivity contribution is -0.129. The van der Waals surface area contributed by atoms with E-state index in [9.17, 15) is 4.79 Å². The largest absolute Gasteiger partial charge is 0.487 e. The van der Waals surface area contributed by atoms with Crippen molar-refractivity contribution in [1.29, 1.82) is 0 Å². The molecule has 2 unspecified atom stereocenters. The first kappa shape index (κ1) is 19.6. The summed E-state index contributed by atoms with van der Waals surface area (Å²) in [6, 6.07) is 13.2. The predicted molar refractivity (Wildman–Crippen MR) is 108 cm³/mol. The molecule has 1 N–H and O–H groups in total. The lowest BCUT2D eigenvalue weighted by atomic mass is 9.89. The molecule has 4 nitrogen and oxygen atoms in total. The van der Waals surface area contributed by atoms with Gasteiger partial charge in [0.2, 0.25) is 0 Å². The van der Waals surface area contributed by atoms with Crippen LogP contribution in [-0.2, 0) is 4.79 Å². The van der Waals surface area contributed by atoms with Crippen LogP contribution < -0.4 is 14.8 Å². The average Bonchev–Trinajstić information content (AvgIpc) is 2.59. The van der Waals surface area contributed by atoms with Crippen molar-refractivity contribution in [2.24, 2.45) is 0 Å². The van der Waals surface area contributed by atoms with Crippen LogP contribution in [0.2, 0.25) is 5.02 Å². The summed E-state index contributed by atoms with van der Waals surface area (Å²) in [5.74, 6) is 1.20. The fourth-order valence-electron chi connectivity index (χ4n) is 3.37. The van der Waals surface area contributed by atoms with E-state index in [1.807, 2.05) is 58.0 Å². The number of fused-ring (bicyclic) bond motifs is 1. The standard InChI is InChI=1S/C22H26ClNO3/c1-5-18(26-19-9-7-6-8-16(19)23)21(25)24-17-13-22(3,4)27-20-12-14(2)10-11-15(17)20/h6-12,17-18H,5,13H2,1-4H3,(H,24,25). The zero-order chi connectivity index (χ0) is 19.6. The highest BCUT2D eigenvalue weighted by molar-refractivity contribution is 6.32. The third-order valence-corrected chi connectivity index (χ3v) is 5.02. The molecule has 0 aromatic heterocycles. The van der Waals surface area contributed by atoms with E-state index >= 15 is 0 Å². The molecule has 2 aromatic carbocycles. The van der Waals surface area contributed by atoms with Gasteiger partial charge in [-0.25, -0.2) is 0 Å². The first-order valence-electron chi connectivity index (χ1n) is 9.30. The molecule has 1 aliphatic rings. The molecule has 0 spiro atoms. The summed E-state index contributed by atoms with van der Waals surface area (Å²) in [5, 5.41) is 3.65. The first-order valence-corrected chi connectivity index (χ1v) is 9.68. The Morgan fingerprint density at radius 1 is 1.33 bits per heavy atom. The number of benzene rings is 2. The van der Waals surface area contributed by atoms with Crippen LogP contribution in [0.3, 0.4) is 0 Å². The van der Waals surface area contributed by atoms with Gasteiger partial charge in [-0.05, 0) is 51.0 Å². The lowest BCUT2D eigenvalue weighted by Gasteiger charge is -2.38. The SMILES string of the molecule is CCC(Oc1ccccc1Cl)C(=O)NC1CC(C)(C)Oc2cc(C)ccc21. The van der Waals surface area contributed by atoms with Crippen molar-refractivity contribution in [3.8, 4) is 11.5 Å². The molecular weight excluding hydrogens is 362 g/mol. The van der Waals surface area contributed by atoms with E-state index in [4.69, 9.17) is 21.1 Å². The zero-order valence-corrected chi connectivity index (χ0v) is 17.0. The maximum atomic E-state index is 12.9. The Balaban J connectivity index is 1.79. The molecular formula is C22H26ClNO3. The highest BCUT2D eigenvalue weighted by Gasteiger charge is 2.35. The van der Waals surface area contributed by atoms with E-state index in [1.54, 1.807) is 12.1 Å². The molecule has 0 bridgehead atoms. The summed E-state index contributed by atoms with van der Waals surface area (Å²) in [6.45, 7) is 8.03. The normalized spacial score (nSPS) is 18.8. The number of ether oxygens (including phenoxy) is 2. The highest BCUT2D eigenvalue weighted by Crippen LogP contribution is 2.40. The van der Waals surface area contributed by atoms with Gasteiger partial charge in [-0.1, -0.05) is 42.8 Å². The third kappa shape index (κ3) is 4.56. The second-order valence-electron chi connectivity index (χ2n) is 7.61. The van der Waals surface area contributed by atoms with Gasteiger partial charge in [0.25, 0.3) is 5.91 Å². The molecule has 3 rings (SSSR count). The molecule has 0 radical (unpaired) electrons. The quantitative estimate of drug-likeness (QED) is 0.764. The smallest absolute Gasteiger partial charge is 0.261 e. The molecule has 0 fully saturated rings. The Morgan fingerprint density at radius 3 is 2.78 bits per heavy atom. The first-order chi connectivity index (χ1) is 12.8. The molecule has 0 saturated heterocycles. The van der Waals surface area contributed by atoms with Crippen molar-refractivity contribution < 1.29 is 14.3 Å². The van der Waals surface area contributed by atoms with Crippen molar-refractivity contribution in [2.45, 2.75) is 58.3 Å². The molecule has 5 heteroatoms. The van der Waals surface area contributed by atoms with Crippen LogP contribution in [-0.4, -0.2) is 17.6 Å². The summed E-state index contributed by atoms with van der Waals surface area (Å²) >= 11 is 6.17. The Labute approximate surface area is 165 Å². The van der Waals surface area contributed by atoms with Crippen LogP contribution in [0.5, 0.6) is 11.5 Å². The number of halogens is 1. The molecule has 144 valence electrons. The maximum absolute atomic E-state index is 12.9. The minimum Gasteiger partial charge on any atom is -0.487 e. The molecule has 1 heterocycles. The summed E-state index contributed by atoms with van der Waals surface area (Å²) < 4.78 is 12.0. The van der Waals surface area contributed by atoms with Crippen molar-refractivity contribution in [3.05, 3.63) is 58.6 Å².